The third-order valence-corrected chi connectivity index (χ3v) is 13.7. The van der Waals surface area contributed by atoms with Crippen molar-refractivity contribution in [1.29, 1.82) is 0 Å². The van der Waals surface area contributed by atoms with Gasteiger partial charge >= 0.3 is 17.9 Å². The summed E-state index contributed by atoms with van der Waals surface area (Å²) in [7, 11) is 0. The van der Waals surface area contributed by atoms with Crippen molar-refractivity contribution < 1.29 is 28.6 Å². The largest absolute Gasteiger partial charge is 0.462 e. The Morgan fingerprint density at radius 3 is 0.792 bits per heavy atom. The van der Waals surface area contributed by atoms with Crippen molar-refractivity contribution in [2.24, 2.45) is 0 Å². The number of esters is 3. The van der Waals surface area contributed by atoms with E-state index in [1.54, 1.807) is 0 Å². The van der Waals surface area contributed by atoms with Gasteiger partial charge < -0.3 is 14.2 Å². The molecule has 0 spiro atoms. The zero-order valence-electron chi connectivity index (χ0n) is 50.4. The molecule has 0 radical (unpaired) electrons. The summed E-state index contributed by atoms with van der Waals surface area (Å²) in [6, 6.07) is 0. The van der Waals surface area contributed by atoms with Crippen LogP contribution in [0, 0.1) is 0 Å². The molecular weight excluding hydrogens is 949 g/mol. The van der Waals surface area contributed by atoms with Crippen LogP contribution in [0.25, 0.3) is 0 Å². The maximum atomic E-state index is 12.9. The minimum absolute atomic E-state index is 0.0857. The molecule has 6 nitrogen and oxygen atoms in total. The second-order valence-electron chi connectivity index (χ2n) is 21.3. The highest BCUT2D eigenvalue weighted by atomic mass is 16.6. The molecule has 0 aliphatic carbocycles. The van der Waals surface area contributed by atoms with Crippen molar-refractivity contribution in [1.82, 2.24) is 0 Å². The van der Waals surface area contributed by atoms with Crippen LogP contribution in [-0.4, -0.2) is 37.2 Å². The van der Waals surface area contributed by atoms with Gasteiger partial charge in [0.25, 0.3) is 0 Å². The lowest BCUT2D eigenvalue weighted by Gasteiger charge is -2.18. The SMILES string of the molecule is CC/C=C\C/C=C\C/C=C\C/C=C\CCCCCCCCCCCCCCCCCCC(=O)OCC(COC(=O)CCCCCCC/C=C\C/C=C\CCC)OC(=O)CCCCCCCCC/C=C\C/C=C\C/C=C\CC. The molecule has 0 heterocycles. The van der Waals surface area contributed by atoms with Gasteiger partial charge in [-0.3, -0.25) is 14.4 Å². The molecule has 0 amide bonds. The average molecular weight is 1070 g/mol. The smallest absolute Gasteiger partial charge is 0.306 e. The maximum Gasteiger partial charge on any atom is 0.306 e. The van der Waals surface area contributed by atoms with Crippen molar-refractivity contribution >= 4 is 17.9 Å². The molecule has 0 saturated carbocycles. The van der Waals surface area contributed by atoms with E-state index in [2.05, 4.69) is 130 Å². The molecule has 440 valence electrons. The van der Waals surface area contributed by atoms with E-state index >= 15 is 0 Å². The standard InChI is InChI=1S/C71H120O6/c1-4-7-10-13-16-19-22-25-27-29-30-31-32-33-34-35-36-37-38-39-40-42-43-46-49-52-55-58-61-64-70(73)76-67-68(66-75-69(72)63-60-57-54-51-48-45-24-21-18-15-12-9-6-3)77-71(74)65-62-59-56-53-50-47-44-41-28-26-23-20-17-14-11-8-5-2/h7-8,10-12,15-17,19-21,24-28,30-31,68H,4-6,9,13-14,18,22-23,29,32-67H2,1-3H3/b10-7-,11-8-,15-12-,19-16-,20-17-,24-21-,27-25-,28-26-,31-30-. The molecule has 1 unspecified atom stereocenters. The molecule has 0 fully saturated rings. The zero-order valence-corrected chi connectivity index (χ0v) is 50.4. The van der Waals surface area contributed by atoms with Crippen LogP contribution in [0.3, 0.4) is 0 Å². The summed E-state index contributed by atoms with van der Waals surface area (Å²) >= 11 is 0. The topological polar surface area (TPSA) is 78.9 Å². The van der Waals surface area contributed by atoms with E-state index in [-0.39, 0.29) is 31.1 Å². The van der Waals surface area contributed by atoms with E-state index in [1.165, 1.54) is 122 Å². The summed E-state index contributed by atoms with van der Waals surface area (Å²) in [6.07, 6.45) is 88.2. The van der Waals surface area contributed by atoms with E-state index in [0.29, 0.717) is 19.3 Å². The first kappa shape index (κ1) is 73.1. The number of ether oxygens (including phenoxy) is 3. The summed E-state index contributed by atoms with van der Waals surface area (Å²) in [6.45, 7) is 6.35. The summed E-state index contributed by atoms with van der Waals surface area (Å²) in [5, 5.41) is 0. The van der Waals surface area contributed by atoms with E-state index in [4.69, 9.17) is 14.2 Å². The number of unbranched alkanes of at least 4 members (excludes halogenated alkanes) is 29. The van der Waals surface area contributed by atoms with Gasteiger partial charge in [0.15, 0.2) is 6.10 Å². The third kappa shape index (κ3) is 62.8. The Morgan fingerprint density at radius 2 is 0.506 bits per heavy atom. The summed E-state index contributed by atoms with van der Waals surface area (Å²) in [4.78, 5) is 38.3. The first-order valence-corrected chi connectivity index (χ1v) is 32.4. The average Bonchev–Trinajstić information content (AvgIpc) is 3.43. The van der Waals surface area contributed by atoms with Gasteiger partial charge in [-0.1, -0.05) is 278 Å². The quantitative estimate of drug-likeness (QED) is 0.0261. The molecule has 77 heavy (non-hydrogen) atoms. The molecule has 1 atom stereocenters. The van der Waals surface area contributed by atoms with Gasteiger partial charge in [0, 0.05) is 19.3 Å². The van der Waals surface area contributed by atoms with Crippen molar-refractivity contribution in [2.45, 2.75) is 309 Å². The van der Waals surface area contributed by atoms with Crippen LogP contribution in [0.1, 0.15) is 303 Å². The minimum atomic E-state index is -0.790. The van der Waals surface area contributed by atoms with Crippen LogP contribution in [0.4, 0.5) is 0 Å². The van der Waals surface area contributed by atoms with Crippen molar-refractivity contribution in [3.63, 3.8) is 0 Å². The van der Waals surface area contributed by atoms with E-state index in [1.807, 2.05) is 0 Å². The summed E-state index contributed by atoms with van der Waals surface area (Å²) < 4.78 is 16.9. The minimum Gasteiger partial charge on any atom is -0.462 e. The van der Waals surface area contributed by atoms with Crippen molar-refractivity contribution in [3.8, 4) is 0 Å². The Kier molecular flexibility index (Phi) is 61.3. The number of carbonyl (C=O) groups excluding carboxylic acids is 3. The lowest BCUT2D eigenvalue weighted by molar-refractivity contribution is -0.167. The molecule has 0 aromatic rings. The Labute approximate surface area is 476 Å². The highest BCUT2D eigenvalue weighted by molar-refractivity contribution is 5.71. The molecule has 0 rings (SSSR count). The highest BCUT2D eigenvalue weighted by Gasteiger charge is 2.19. The fourth-order valence-corrected chi connectivity index (χ4v) is 8.96. The van der Waals surface area contributed by atoms with Gasteiger partial charge in [-0.05, 0) is 116 Å². The number of carbonyl (C=O) groups is 3. The highest BCUT2D eigenvalue weighted by Crippen LogP contribution is 2.16. The van der Waals surface area contributed by atoms with Gasteiger partial charge in [0.1, 0.15) is 13.2 Å². The Balaban J connectivity index is 4.25. The predicted octanol–water partition coefficient (Wildman–Crippen LogP) is 22.2. The van der Waals surface area contributed by atoms with Gasteiger partial charge in [0.05, 0.1) is 0 Å². The fourth-order valence-electron chi connectivity index (χ4n) is 8.96. The molecule has 6 heteroatoms. The molecular formula is C71H120O6. The third-order valence-electron chi connectivity index (χ3n) is 13.7. The van der Waals surface area contributed by atoms with Gasteiger partial charge in [-0.15, -0.1) is 0 Å². The molecule has 0 aromatic heterocycles. The van der Waals surface area contributed by atoms with Crippen LogP contribution < -0.4 is 0 Å². The second kappa shape index (κ2) is 64.6. The van der Waals surface area contributed by atoms with Crippen LogP contribution in [-0.2, 0) is 28.6 Å². The Bertz CT molecular complexity index is 1560. The number of allylic oxidation sites excluding steroid dienone is 18. The molecule has 0 saturated heterocycles. The van der Waals surface area contributed by atoms with Crippen LogP contribution in [0.5, 0.6) is 0 Å². The Morgan fingerprint density at radius 1 is 0.273 bits per heavy atom. The van der Waals surface area contributed by atoms with E-state index in [9.17, 15) is 14.4 Å². The summed E-state index contributed by atoms with van der Waals surface area (Å²) in [5.74, 6) is -0.902. The van der Waals surface area contributed by atoms with Crippen LogP contribution in [0.15, 0.2) is 109 Å². The van der Waals surface area contributed by atoms with Crippen molar-refractivity contribution in [2.75, 3.05) is 13.2 Å². The number of hydrogen-bond donors (Lipinski definition) is 0. The van der Waals surface area contributed by atoms with Gasteiger partial charge in [-0.25, -0.2) is 0 Å². The zero-order chi connectivity index (χ0) is 55.7. The second-order valence-corrected chi connectivity index (χ2v) is 21.3. The molecule has 0 aliphatic rings. The molecule has 0 aromatic carbocycles. The summed E-state index contributed by atoms with van der Waals surface area (Å²) in [5.41, 5.74) is 0. The maximum absolute atomic E-state index is 12.9. The van der Waals surface area contributed by atoms with E-state index in [0.717, 1.165) is 141 Å². The van der Waals surface area contributed by atoms with Crippen molar-refractivity contribution in [3.05, 3.63) is 109 Å². The molecule has 0 bridgehead atoms. The number of rotatable bonds is 58. The van der Waals surface area contributed by atoms with Crippen LogP contribution >= 0.6 is 0 Å². The normalized spacial score (nSPS) is 12.8. The Hall–Kier alpha value is -3.93. The molecule has 0 aliphatic heterocycles. The first-order valence-electron chi connectivity index (χ1n) is 32.4. The first-order chi connectivity index (χ1) is 38.0. The van der Waals surface area contributed by atoms with Crippen LogP contribution in [0.2, 0.25) is 0 Å². The lowest BCUT2D eigenvalue weighted by atomic mass is 10.0. The lowest BCUT2D eigenvalue weighted by Crippen LogP contribution is -2.30. The molecule has 0 N–H and O–H groups in total. The van der Waals surface area contributed by atoms with E-state index < -0.39 is 6.10 Å². The fraction of sp³-hybridized carbons (Fsp3) is 0.704. The van der Waals surface area contributed by atoms with Gasteiger partial charge in [-0.2, -0.15) is 0 Å². The predicted molar refractivity (Wildman–Crippen MR) is 334 cm³/mol. The number of hydrogen-bond acceptors (Lipinski definition) is 6. The van der Waals surface area contributed by atoms with Gasteiger partial charge in [0.2, 0.25) is 0 Å². The monoisotopic (exact) mass is 1070 g/mol.